The van der Waals surface area contributed by atoms with Crippen LogP contribution in [0.2, 0.25) is 5.02 Å². The standard InChI is InChI=1S/C19H23ClN4O2S/c20-16-3-1-14(2-4-16)15-5-7-24(8-6-15)19-21-13-17-18(22-19)23(9-11-25)10-12-27(17)26/h1-4,13,15,25H,5-12H2/t27-/m0/s1. The molecule has 6 nitrogen and oxygen atoms in total. The quantitative estimate of drug-likeness (QED) is 0.841. The summed E-state index contributed by atoms with van der Waals surface area (Å²) in [7, 11) is -1.06. The summed E-state index contributed by atoms with van der Waals surface area (Å²) in [4.78, 5) is 14.1. The molecule has 1 aromatic carbocycles. The Balaban J connectivity index is 1.49. The molecule has 0 unspecified atom stereocenters. The van der Waals surface area contributed by atoms with Gasteiger partial charge in [0.2, 0.25) is 5.95 Å². The van der Waals surface area contributed by atoms with E-state index in [1.54, 1.807) is 6.20 Å². The van der Waals surface area contributed by atoms with Gasteiger partial charge in [0, 0.05) is 37.0 Å². The number of piperidine rings is 1. The second-order valence-corrected chi connectivity index (χ2v) is 8.91. The highest BCUT2D eigenvalue weighted by Gasteiger charge is 2.27. The molecule has 0 spiro atoms. The predicted molar refractivity (Wildman–Crippen MR) is 108 cm³/mol. The minimum absolute atomic E-state index is 0.0535. The Bertz CT molecular complexity index is 825. The zero-order valence-electron chi connectivity index (χ0n) is 15.1. The fourth-order valence-corrected chi connectivity index (χ4v) is 5.07. The van der Waals surface area contributed by atoms with Crippen LogP contribution in [0.3, 0.4) is 0 Å². The van der Waals surface area contributed by atoms with Crippen molar-refractivity contribution < 1.29 is 9.32 Å². The highest BCUT2D eigenvalue weighted by Crippen LogP contribution is 2.32. The molecule has 1 fully saturated rings. The zero-order valence-corrected chi connectivity index (χ0v) is 16.6. The molecule has 1 saturated heterocycles. The lowest BCUT2D eigenvalue weighted by atomic mass is 9.90. The summed E-state index contributed by atoms with van der Waals surface area (Å²) in [5.74, 6) is 2.47. The summed E-state index contributed by atoms with van der Waals surface area (Å²) in [5.41, 5.74) is 1.33. The van der Waals surface area contributed by atoms with Crippen LogP contribution in [0.4, 0.5) is 11.8 Å². The van der Waals surface area contributed by atoms with Crippen LogP contribution in [0.1, 0.15) is 24.3 Å². The summed E-state index contributed by atoms with van der Waals surface area (Å²) >= 11 is 5.99. The zero-order chi connectivity index (χ0) is 18.8. The third kappa shape index (κ3) is 3.95. The lowest BCUT2D eigenvalue weighted by molar-refractivity contribution is 0.301. The van der Waals surface area contributed by atoms with E-state index in [0.29, 0.717) is 41.4 Å². The lowest BCUT2D eigenvalue weighted by Gasteiger charge is -2.34. The highest BCUT2D eigenvalue weighted by molar-refractivity contribution is 7.85. The van der Waals surface area contributed by atoms with Crippen molar-refractivity contribution in [1.29, 1.82) is 0 Å². The van der Waals surface area contributed by atoms with Gasteiger partial charge in [0.25, 0.3) is 0 Å². The van der Waals surface area contributed by atoms with Crippen molar-refractivity contribution in [2.24, 2.45) is 0 Å². The van der Waals surface area contributed by atoms with E-state index < -0.39 is 10.8 Å². The lowest BCUT2D eigenvalue weighted by Crippen LogP contribution is -2.38. The van der Waals surface area contributed by atoms with Crippen molar-refractivity contribution in [2.75, 3.05) is 48.3 Å². The van der Waals surface area contributed by atoms with Crippen LogP contribution >= 0.6 is 11.6 Å². The number of hydrogen-bond acceptors (Lipinski definition) is 6. The maximum Gasteiger partial charge on any atom is 0.227 e. The molecule has 144 valence electrons. The molecule has 1 atom stereocenters. The number of aromatic nitrogens is 2. The molecule has 8 heteroatoms. The molecule has 0 saturated carbocycles. The van der Waals surface area contributed by atoms with Crippen LogP contribution in [-0.4, -0.2) is 57.8 Å². The summed E-state index contributed by atoms with van der Waals surface area (Å²) in [5, 5.41) is 10.1. The Labute approximate surface area is 166 Å². The van der Waals surface area contributed by atoms with E-state index in [1.807, 2.05) is 17.0 Å². The Morgan fingerprint density at radius 3 is 2.63 bits per heavy atom. The molecule has 3 heterocycles. The van der Waals surface area contributed by atoms with E-state index in [2.05, 4.69) is 22.0 Å². The largest absolute Gasteiger partial charge is 0.395 e. The van der Waals surface area contributed by atoms with Crippen molar-refractivity contribution in [2.45, 2.75) is 23.7 Å². The van der Waals surface area contributed by atoms with Gasteiger partial charge in [-0.1, -0.05) is 23.7 Å². The van der Waals surface area contributed by atoms with Gasteiger partial charge in [-0.05, 0) is 36.5 Å². The first-order valence-corrected chi connectivity index (χ1v) is 11.0. The average Bonchev–Trinajstić information content (AvgIpc) is 2.71. The van der Waals surface area contributed by atoms with Crippen LogP contribution in [0.5, 0.6) is 0 Å². The molecule has 1 N–H and O–H groups in total. The number of rotatable bonds is 4. The molecular weight excluding hydrogens is 384 g/mol. The summed E-state index contributed by atoms with van der Waals surface area (Å²) in [6.45, 7) is 2.97. The minimum Gasteiger partial charge on any atom is -0.395 e. The van der Waals surface area contributed by atoms with E-state index in [9.17, 15) is 9.32 Å². The molecule has 2 aliphatic rings. The second kappa shape index (κ2) is 8.12. The molecule has 4 rings (SSSR count). The highest BCUT2D eigenvalue weighted by atomic mass is 35.5. The average molecular weight is 407 g/mol. The van der Waals surface area contributed by atoms with E-state index in [1.165, 1.54) is 5.56 Å². The van der Waals surface area contributed by atoms with Gasteiger partial charge in [-0.3, -0.25) is 4.21 Å². The molecule has 27 heavy (non-hydrogen) atoms. The minimum atomic E-state index is -1.06. The van der Waals surface area contributed by atoms with E-state index >= 15 is 0 Å². The first-order chi connectivity index (χ1) is 13.2. The molecule has 0 radical (unpaired) electrons. The smallest absolute Gasteiger partial charge is 0.227 e. The topological polar surface area (TPSA) is 69.6 Å². The van der Waals surface area contributed by atoms with Gasteiger partial charge in [-0.15, -0.1) is 0 Å². The number of benzene rings is 1. The Morgan fingerprint density at radius 1 is 1.19 bits per heavy atom. The van der Waals surface area contributed by atoms with Crippen LogP contribution in [0.25, 0.3) is 0 Å². The van der Waals surface area contributed by atoms with Crippen molar-refractivity contribution in [3.05, 3.63) is 41.0 Å². The Morgan fingerprint density at radius 2 is 1.93 bits per heavy atom. The van der Waals surface area contributed by atoms with Crippen molar-refractivity contribution in [3.8, 4) is 0 Å². The number of β-amino-alcohol motifs (C(OH)–C–C–N with tert-alkyl or cyclic N) is 1. The molecule has 2 aliphatic heterocycles. The maximum atomic E-state index is 12.3. The number of halogens is 1. The maximum absolute atomic E-state index is 12.3. The van der Waals surface area contributed by atoms with Crippen molar-refractivity contribution in [3.63, 3.8) is 0 Å². The molecule has 0 bridgehead atoms. The Hall–Kier alpha value is -1.70. The van der Waals surface area contributed by atoms with E-state index in [4.69, 9.17) is 16.6 Å². The van der Waals surface area contributed by atoms with Crippen LogP contribution in [0, 0.1) is 0 Å². The Kier molecular flexibility index (Phi) is 5.61. The molecular formula is C19H23ClN4O2S. The molecule has 0 amide bonds. The van der Waals surface area contributed by atoms with Crippen molar-refractivity contribution in [1.82, 2.24) is 9.97 Å². The number of aliphatic hydroxyl groups excluding tert-OH is 1. The van der Waals surface area contributed by atoms with Crippen LogP contribution in [-0.2, 0) is 10.8 Å². The first kappa shape index (κ1) is 18.7. The number of hydrogen-bond donors (Lipinski definition) is 1. The van der Waals surface area contributed by atoms with E-state index in [-0.39, 0.29) is 6.61 Å². The van der Waals surface area contributed by atoms with Gasteiger partial charge < -0.3 is 14.9 Å². The van der Waals surface area contributed by atoms with E-state index in [0.717, 1.165) is 31.0 Å². The number of fused-ring (bicyclic) bond motifs is 1. The third-order valence-corrected chi connectivity index (χ3v) is 6.89. The first-order valence-electron chi connectivity index (χ1n) is 9.27. The van der Waals surface area contributed by atoms with Gasteiger partial charge in [-0.25, -0.2) is 4.98 Å². The predicted octanol–water partition coefficient (Wildman–Crippen LogP) is 2.43. The van der Waals surface area contributed by atoms with Crippen LogP contribution in [0.15, 0.2) is 35.4 Å². The number of nitrogens with zero attached hydrogens (tertiary/aromatic N) is 4. The van der Waals surface area contributed by atoms with Crippen molar-refractivity contribution >= 4 is 34.2 Å². The fraction of sp³-hybridized carbons (Fsp3) is 0.474. The molecule has 0 aliphatic carbocycles. The third-order valence-electron chi connectivity index (χ3n) is 5.30. The summed E-state index contributed by atoms with van der Waals surface area (Å²) in [6.07, 6.45) is 3.77. The van der Waals surface area contributed by atoms with Gasteiger partial charge in [0.1, 0.15) is 0 Å². The number of aliphatic hydroxyl groups is 1. The molecule has 2 aromatic rings. The summed E-state index contributed by atoms with van der Waals surface area (Å²) in [6, 6.07) is 8.12. The number of anilines is 2. The molecule has 1 aromatic heterocycles. The van der Waals surface area contributed by atoms with Gasteiger partial charge >= 0.3 is 0 Å². The fourth-order valence-electron chi connectivity index (χ4n) is 3.79. The monoisotopic (exact) mass is 406 g/mol. The second-order valence-electron chi connectivity index (χ2n) is 6.93. The van der Waals surface area contributed by atoms with Crippen LogP contribution < -0.4 is 9.80 Å². The van der Waals surface area contributed by atoms with Gasteiger partial charge in [0.15, 0.2) is 5.82 Å². The van der Waals surface area contributed by atoms with Gasteiger partial charge in [0.05, 0.1) is 28.5 Å². The normalized spacial score (nSPS) is 20.6. The SMILES string of the molecule is O=[S@]1CCN(CCO)c2nc(N3CCC(c4ccc(Cl)cc4)CC3)ncc21. The summed E-state index contributed by atoms with van der Waals surface area (Å²) < 4.78 is 12.3. The van der Waals surface area contributed by atoms with Gasteiger partial charge in [-0.2, -0.15) is 4.98 Å².